The van der Waals surface area contributed by atoms with E-state index in [0.29, 0.717) is 12.2 Å². The summed E-state index contributed by atoms with van der Waals surface area (Å²) >= 11 is 0. The van der Waals surface area contributed by atoms with Crippen molar-refractivity contribution in [1.29, 1.82) is 0 Å². The molecule has 3 fully saturated rings. The highest BCUT2D eigenvalue weighted by molar-refractivity contribution is 5.75. The molecule has 0 radical (unpaired) electrons. The molecule has 1 aliphatic carbocycles. The molecule has 1 aromatic heterocycles. The van der Waals surface area contributed by atoms with Crippen LogP contribution in [0.3, 0.4) is 0 Å². The Labute approximate surface area is 254 Å². The van der Waals surface area contributed by atoms with Gasteiger partial charge in [0.05, 0.1) is 36.8 Å². The number of rotatable bonds is 5. The maximum absolute atomic E-state index is 14.1. The maximum Gasteiger partial charge on any atom is 0.401 e. The maximum atomic E-state index is 14.1. The zero-order valence-electron chi connectivity index (χ0n) is 24.6. The van der Waals surface area contributed by atoms with Crippen molar-refractivity contribution >= 4 is 6.03 Å². The van der Waals surface area contributed by atoms with Crippen molar-refractivity contribution in [1.82, 2.24) is 24.3 Å². The Bertz CT molecular complexity index is 1510. The topological polar surface area (TPSA) is 81.9 Å². The molecule has 2 atom stereocenters. The van der Waals surface area contributed by atoms with Gasteiger partial charge in [-0.3, -0.25) is 14.3 Å². The van der Waals surface area contributed by atoms with Gasteiger partial charge < -0.3 is 14.9 Å². The number of piperidine rings is 1. The highest BCUT2D eigenvalue weighted by Crippen LogP contribution is 2.52. The number of nitrogens with zero attached hydrogens (tertiary/aromatic N) is 5. The summed E-state index contributed by atoms with van der Waals surface area (Å²) in [6, 6.07) is 19.4. The Morgan fingerprint density at radius 1 is 0.955 bits per heavy atom. The van der Waals surface area contributed by atoms with Crippen LogP contribution < -0.4 is 5.56 Å². The molecule has 2 saturated heterocycles. The summed E-state index contributed by atoms with van der Waals surface area (Å²) in [5.41, 5.74) is 0.132. The Morgan fingerprint density at radius 3 is 2.30 bits per heavy atom. The molecule has 0 bridgehead atoms. The monoisotopic (exact) mass is 609 g/mol. The SMILES string of the molecule is O=C(N1CC[C@@](O)(Cn2cnc(-c3ccccc3)cc2=O)C2(CCCC2)C1)N1CCN(CC(F)(F)F)C[C@H]1c1ccccc1. The van der Waals surface area contributed by atoms with E-state index in [1.165, 1.54) is 21.9 Å². The van der Waals surface area contributed by atoms with E-state index in [9.17, 15) is 27.9 Å². The Morgan fingerprint density at radius 2 is 1.64 bits per heavy atom. The normalized spacial score (nSPS) is 24.1. The van der Waals surface area contributed by atoms with Crippen LogP contribution in [0.4, 0.5) is 18.0 Å². The molecule has 1 saturated carbocycles. The summed E-state index contributed by atoms with van der Waals surface area (Å²) in [4.78, 5) is 36.6. The number of halogens is 3. The van der Waals surface area contributed by atoms with Crippen LogP contribution in [0.2, 0.25) is 0 Å². The Balaban J connectivity index is 1.22. The van der Waals surface area contributed by atoms with E-state index in [4.69, 9.17) is 0 Å². The predicted molar refractivity (Wildman–Crippen MR) is 160 cm³/mol. The van der Waals surface area contributed by atoms with Crippen molar-refractivity contribution in [2.75, 3.05) is 39.3 Å². The van der Waals surface area contributed by atoms with Crippen molar-refractivity contribution in [3.63, 3.8) is 0 Å². The molecule has 3 aromatic rings. The van der Waals surface area contributed by atoms with E-state index in [0.717, 1.165) is 36.8 Å². The van der Waals surface area contributed by atoms with E-state index < -0.39 is 29.8 Å². The third-order valence-corrected chi connectivity index (χ3v) is 9.79. The van der Waals surface area contributed by atoms with Crippen molar-refractivity contribution in [3.05, 3.63) is 89.0 Å². The number of urea groups is 1. The second kappa shape index (κ2) is 12.0. The van der Waals surface area contributed by atoms with E-state index in [1.54, 1.807) is 9.80 Å². The quantitative estimate of drug-likeness (QED) is 0.443. The number of benzene rings is 2. The number of aromatic nitrogens is 2. The van der Waals surface area contributed by atoms with E-state index in [-0.39, 0.29) is 50.7 Å². The minimum Gasteiger partial charge on any atom is -0.387 e. The largest absolute Gasteiger partial charge is 0.401 e. The van der Waals surface area contributed by atoms with Gasteiger partial charge in [0.15, 0.2) is 0 Å². The molecular weight excluding hydrogens is 571 g/mol. The molecule has 6 rings (SSSR count). The molecule has 3 heterocycles. The summed E-state index contributed by atoms with van der Waals surface area (Å²) in [5, 5.41) is 12.2. The van der Waals surface area contributed by atoms with Crippen LogP contribution in [0.25, 0.3) is 11.3 Å². The van der Waals surface area contributed by atoms with Gasteiger partial charge in [-0.15, -0.1) is 0 Å². The lowest BCUT2D eigenvalue weighted by Gasteiger charge is -2.53. The predicted octanol–water partition coefficient (Wildman–Crippen LogP) is 4.95. The van der Waals surface area contributed by atoms with Gasteiger partial charge in [-0.2, -0.15) is 13.2 Å². The molecule has 234 valence electrons. The van der Waals surface area contributed by atoms with Gasteiger partial charge >= 0.3 is 12.2 Å². The summed E-state index contributed by atoms with van der Waals surface area (Å²) in [5.74, 6) is 0. The summed E-state index contributed by atoms with van der Waals surface area (Å²) in [7, 11) is 0. The number of hydrogen-bond donors (Lipinski definition) is 1. The van der Waals surface area contributed by atoms with Gasteiger partial charge in [-0.1, -0.05) is 73.5 Å². The molecule has 11 heteroatoms. The van der Waals surface area contributed by atoms with Gasteiger partial charge in [0.1, 0.15) is 0 Å². The number of carbonyl (C=O) groups is 1. The van der Waals surface area contributed by atoms with Crippen LogP contribution in [0.15, 0.2) is 77.9 Å². The highest BCUT2D eigenvalue weighted by atomic mass is 19.4. The number of piperazine rings is 1. The number of alkyl halides is 3. The molecule has 1 N–H and O–H groups in total. The first-order valence-corrected chi connectivity index (χ1v) is 15.3. The van der Waals surface area contributed by atoms with Crippen LogP contribution in [0, 0.1) is 5.41 Å². The zero-order chi connectivity index (χ0) is 31.0. The number of amides is 2. The van der Waals surface area contributed by atoms with Crippen molar-refractivity contribution < 1.29 is 23.1 Å². The first-order chi connectivity index (χ1) is 21.1. The molecule has 1 spiro atoms. The van der Waals surface area contributed by atoms with E-state index in [1.807, 2.05) is 60.7 Å². The fourth-order valence-corrected chi connectivity index (χ4v) is 7.46. The van der Waals surface area contributed by atoms with Crippen molar-refractivity contribution in [2.45, 2.75) is 56.5 Å². The molecule has 2 aliphatic heterocycles. The number of carbonyl (C=O) groups excluding carboxylic acids is 1. The standard InChI is InChI=1S/C33H38F3N5O3/c34-33(35,36)23-38-17-18-41(28(20-38)26-11-5-2-6-12-26)30(43)39-16-15-32(44,31(21-39)13-7-8-14-31)22-40-24-37-27(19-29(40)42)25-9-3-1-4-10-25/h1-6,9-12,19,24,28,44H,7-8,13-18,20-23H2/t28-,32+/m0/s1. The van der Waals surface area contributed by atoms with Gasteiger partial charge in [0.2, 0.25) is 0 Å². The van der Waals surface area contributed by atoms with Crippen LogP contribution in [0.5, 0.6) is 0 Å². The summed E-state index contributed by atoms with van der Waals surface area (Å²) in [6.07, 6.45) is 0.723. The first kappa shape index (κ1) is 30.3. The molecule has 0 unspecified atom stereocenters. The average molecular weight is 610 g/mol. The second-order valence-electron chi connectivity index (χ2n) is 12.5. The van der Waals surface area contributed by atoms with E-state index in [2.05, 4.69) is 4.98 Å². The Hall–Kier alpha value is -3.70. The molecule has 2 aromatic carbocycles. The van der Waals surface area contributed by atoms with Gasteiger partial charge in [-0.05, 0) is 24.8 Å². The summed E-state index contributed by atoms with van der Waals surface area (Å²) < 4.78 is 41.2. The average Bonchev–Trinajstić information content (AvgIpc) is 3.49. The minimum absolute atomic E-state index is 0.0820. The van der Waals surface area contributed by atoms with Gasteiger partial charge in [0, 0.05) is 49.8 Å². The van der Waals surface area contributed by atoms with Crippen molar-refractivity contribution in [2.24, 2.45) is 5.41 Å². The fourth-order valence-electron chi connectivity index (χ4n) is 7.46. The molecule has 44 heavy (non-hydrogen) atoms. The first-order valence-electron chi connectivity index (χ1n) is 15.3. The molecule has 3 aliphatic rings. The number of hydrogen-bond acceptors (Lipinski definition) is 5. The lowest BCUT2D eigenvalue weighted by atomic mass is 9.66. The lowest BCUT2D eigenvalue weighted by molar-refractivity contribution is -0.151. The fraction of sp³-hybridized carbons (Fsp3) is 0.485. The van der Waals surface area contributed by atoms with Crippen LogP contribution in [0.1, 0.15) is 43.7 Å². The minimum atomic E-state index is -4.32. The Kier molecular flexibility index (Phi) is 8.27. The number of aliphatic hydroxyl groups is 1. The molecular formula is C33H38F3N5O3. The third kappa shape index (κ3) is 6.12. The van der Waals surface area contributed by atoms with Gasteiger partial charge in [-0.25, -0.2) is 9.78 Å². The van der Waals surface area contributed by atoms with Crippen molar-refractivity contribution in [3.8, 4) is 11.3 Å². The van der Waals surface area contributed by atoms with E-state index >= 15 is 0 Å². The second-order valence-corrected chi connectivity index (χ2v) is 12.5. The van der Waals surface area contributed by atoms with Crippen LogP contribution >= 0.6 is 0 Å². The lowest BCUT2D eigenvalue weighted by Crippen LogP contribution is -2.64. The zero-order valence-corrected chi connectivity index (χ0v) is 24.6. The smallest absolute Gasteiger partial charge is 0.387 e. The number of likely N-dealkylation sites (tertiary alicyclic amines) is 1. The highest BCUT2D eigenvalue weighted by Gasteiger charge is 2.56. The molecule has 8 nitrogen and oxygen atoms in total. The van der Waals surface area contributed by atoms with Gasteiger partial charge in [0.25, 0.3) is 5.56 Å². The third-order valence-electron chi connectivity index (χ3n) is 9.79. The summed E-state index contributed by atoms with van der Waals surface area (Å²) in [6.45, 7) is 0.0799. The molecule has 2 amide bonds. The van der Waals surface area contributed by atoms with Crippen LogP contribution in [-0.4, -0.2) is 86.4 Å². The van der Waals surface area contributed by atoms with Crippen LogP contribution in [-0.2, 0) is 6.54 Å².